The van der Waals surface area contributed by atoms with Crippen LogP contribution >= 0.6 is 0 Å². The first-order chi connectivity index (χ1) is 12.8. The Bertz CT molecular complexity index is 852. The molecule has 0 amide bonds. The Kier molecular flexibility index (Phi) is 7.33. The van der Waals surface area contributed by atoms with Crippen LogP contribution in [0.15, 0.2) is 24.3 Å². The topological polar surface area (TPSA) is 69.7 Å². The number of aryl methyl sites for hydroxylation is 1. The predicted molar refractivity (Wildman–Crippen MR) is 79.2 cm³/mol. The summed E-state index contributed by atoms with van der Waals surface area (Å²) in [4.78, 5) is 11.1. The summed E-state index contributed by atoms with van der Waals surface area (Å²) in [5.74, 6) is -16.1. The maximum absolute atomic E-state index is 13.7. The van der Waals surface area contributed by atoms with E-state index in [0.29, 0.717) is 12.5 Å². The molecule has 0 aliphatic heterocycles. The monoisotopic (exact) mass is 654 g/mol. The van der Waals surface area contributed by atoms with Crippen molar-refractivity contribution >= 4 is 42.8 Å². The molecule has 16 heteroatoms. The fourth-order valence-corrected chi connectivity index (χ4v) is 12.2. The molecule has 0 unspecified atom stereocenters. The number of hydrogen-bond acceptors (Lipinski definition) is 5. The molecule has 29 heavy (non-hydrogen) atoms. The number of benzene rings is 1. The van der Waals surface area contributed by atoms with Crippen molar-refractivity contribution in [3.05, 3.63) is 29.8 Å². The molecule has 0 atom stereocenters. The normalized spacial score (nSPS) is 13.9. The predicted octanol–water partition coefficient (Wildman–Crippen LogP) is 3.03. The Balaban J connectivity index is 3.42. The van der Waals surface area contributed by atoms with E-state index in [-0.39, 0.29) is 3.12 Å². The SMILES string of the molecule is CC(=O)[O][Tl]([O]S(=O)(=O)C(F)(F)C(F)(F)C(F)(F)C(F)(F)F)[c]1ccc(C)cc1. The molecule has 1 rings (SSSR count). The molecule has 1 aromatic rings. The van der Waals surface area contributed by atoms with E-state index in [2.05, 4.69) is 4.82 Å². The summed E-state index contributed by atoms with van der Waals surface area (Å²) in [6.07, 6.45) is -7.20. The summed E-state index contributed by atoms with van der Waals surface area (Å²) in [5, 5.41) is -7.01. The molecular formula is C13H10F9O5STl. The molecule has 5 nitrogen and oxygen atoms in total. The van der Waals surface area contributed by atoms with E-state index in [0.717, 1.165) is 12.1 Å². The Hall–Kier alpha value is -1.11. The van der Waals surface area contributed by atoms with Crippen LogP contribution in [0, 0.1) is 6.92 Å². The zero-order valence-corrected chi connectivity index (χ0v) is 19.5. The molecule has 0 fully saturated rings. The van der Waals surface area contributed by atoms with E-state index >= 15 is 0 Å². The van der Waals surface area contributed by atoms with Crippen molar-refractivity contribution in [2.75, 3.05) is 0 Å². The van der Waals surface area contributed by atoms with Gasteiger partial charge < -0.3 is 0 Å². The van der Waals surface area contributed by atoms with Gasteiger partial charge in [0.05, 0.1) is 0 Å². The molecule has 164 valence electrons. The molecule has 0 spiro atoms. The number of halogens is 9. The maximum atomic E-state index is 13.7. The number of carbonyl (C=O) groups is 1. The molecule has 0 saturated carbocycles. The summed E-state index contributed by atoms with van der Waals surface area (Å²) >= 11 is -5.34. The van der Waals surface area contributed by atoms with Crippen LogP contribution < -0.4 is 3.12 Å². The number of carbonyl (C=O) groups excluding carboxylic acids is 1. The first kappa shape index (κ1) is 25.9. The first-order valence-corrected chi connectivity index (χ1v) is 14.5. The molecule has 0 aliphatic carbocycles. The van der Waals surface area contributed by atoms with Gasteiger partial charge in [0, 0.05) is 0 Å². The van der Waals surface area contributed by atoms with Crippen molar-refractivity contribution in [3.8, 4) is 0 Å². The molecule has 0 radical (unpaired) electrons. The molecule has 1 aromatic carbocycles. The van der Waals surface area contributed by atoms with Gasteiger partial charge in [-0.2, -0.15) is 0 Å². The minimum atomic E-state index is -7.43. The van der Waals surface area contributed by atoms with Crippen molar-refractivity contribution in [1.29, 1.82) is 0 Å². The Morgan fingerprint density at radius 2 is 1.34 bits per heavy atom. The van der Waals surface area contributed by atoms with Gasteiger partial charge in [-0.25, -0.2) is 0 Å². The molecular weight excluding hydrogens is 644 g/mol. The summed E-state index contributed by atoms with van der Waals surface area (Å²) in [5.41, 5.74) is 0.549. The van der Waals surface area contributed by atoms with Crippen molar-refractivity contribution in [3.63, 3.8) is 0 Å². The second kappa shape index (κ2) is 8.20. The number of rotatable bonds is 7. The minimum absolute atomic E-state index is 0.295. The van der Waals surface area contributed by atoms with E-state index in [1.165, 1.54) is 19.1 Å². The third-order valence-electron chi connectivity index (χ3n) is 3.27. The van der Waals surface area contributed by atoms with E-state index in [1.807, 2.05) is 0 Å². The van der Waals surface area contributed by atoms with Crippen LogP contribution in [0.2, 0.25) is 0 Å². The zero-order valence-electron chi connectivity index (χ0n) is 14.2. The van der Waals surface area contributed by atoms with Crippen LogP contribution in [-0.4, -0.2) is 61.3 Å². The van der Waals surface area contributed by atoms with Gasteiger partial charge in [0.15, 0.2) is 0 Å². The van der Waals surface area contributed by atoms with Gasteiger partial charge in [0.1, 0.15) is 0 Å². The molecule has 0 heterocycles. The van der Waals surface area contributed by atoms with Crippen molar-refractivity contribution in [1.82, 2.24) is 0 Å². The summed E-state index contributed by atoms with van der Waals surface area (Å²) in [7, 11) is -7.11. The summed E-state index contributed by atoms with van der Waals surface area (Å²) in [6.45, 7) is 2.22. The van der Waals surface area contributed by atoms with Crippen molar-refractivity contribution < 1.29 is 57.5 Å². The quantitative estimate of drug-likeness (QED) is 0.335. The molecule has 0 N–H and O–H groups in total. The third-order valence-corrected chi connectivity index (χ3v) is 15.3. The van der Waals surface area contributed by atoms with E-state index in [1.54, 1.807) is 0 Å². The summed E-state index contributed by atoms with van der Waals surface area (Å²) in [6, 6.07) is 4.62. The third kappa shape index (κ3) is 4.97. The van der Waals surface area contributed by atoms with Gasteiger partial charge in [-0.3, -0.25) is 0 Å². The second-order valence-electron chi connectivity index (χ2n) is 5.57. The standard InChI is InChI=1S/C7H7.C4HF9O3S.C2H4O2.Tl/c1-7-5-3-2-4-6-7;5-1(6,3(9,10)11)2(7,8)4(12,13)17(14,15)16;1-2(3)4;/h3-6H,1H3;(H,14,15,16);1H3,(H,3,4);/q;;;+2/p-2. The van der Waals surface area contributed by atoms with Crippen LogP contribution in [-0.2, 0) is 19.7 Å². The average molecular weight is 654 g/mol. The Morgan fingerprint density at radius 1 is 0.897 bits per heavy atom. The molecule has 0 aliphatic rings. The van der Waals surface area contributed by atoms with Gasteiger partial charge in [-0.1, -0.05) is 0 Å². The van der Waals surface area contributed by atoms with E-state index in [4.69, 9.17) is 0 Å². The van der Waals surface area contributed by atoms with Gasteiger partial charge in [0.2, 0.25) is 0 Å². The molecule has 0 bridgehead atoms. The molecule has 0 aromatic heterocycles. The van der Waals surface area contributed by atoms with Crippen LogP contribution in [0.3, 0.4) is 0 Å². The van der Waals surface area contributed by atoms with Gasteiger partial charge in [0.25, 0.3) is 0 Å². The number of alkyl halides is 9. The Labute approximate surface area is 167 Å². The van der Waals surface area contributed by atoms with E-state index in [9.17, 15) is 52.7 Å². The van der Waals surface area contributed by atoms with Crippen LogP contribution in [0.1, 0.15) is 12.5 Å². The first-order valence-electron chi connectivity index (χ1n) is 7.14. The Morgan fingerprint density at radius 3 is 1.72 bits per heavy atom. The fourth-order valence-electron chi connectivity index (χ4n) is 1.71. The molecule has 0 saturated heterocycles. The van der Waals surface area contributed by atoms with Crippen LogP contribution in [0.5, 0.6) is 0 Å². The summed E-state index contributed by atoms with van der Waals surface area (Å²) < 4.78 is 148. The fraction of sp³-hybridized carbons (Fsp3) is 0.462. The number of hydrogen-bond donors (Lipinski definition) is 0. The van der Waals surface area contributed by atoms with Crippen molar-refractivity contribution in [2.24, 2.45) is 0 Å². The zero-order chi connectivity index (χ0) is 23.1. The van der Waals surface area contributed by atoms with Crippen molar-refractivity contribution in [2.45, 2.75) is 37.1 Å². The van der Waals surface area contributed by atoms with Gasteiger partial charge in [-0.15, -0.1) is 0 Å². The van der Waals surface area contributed by atoms with Crippen LogP contribution in [0.4, 0.5) is 39.5 Å². The second-order valence-corrected chi connectivity index (χ2v) is 15.5. The average Bonchev–Trinajstić information content (AvgIpc) is 2.52. The van der Waals surface area contributed by atoms with Gasteiger partial charge >= 0.3 is 167 Å². The van der Waals surface area contributed by atoms with Crippen LogP contribution in [0.25, 0.3) is 0 Å². The van der Waals surface area contributed by atoms with E-state index < -0.39 is 63.0 Å². The van der Waals surface area contributed by atoms with Gasteiger partial charge in [-0.05, 0) is 0 Å².